The Morgan fingerprint density at radius 1 is 1.50 bits per heavy atom. The Morgan fingerprint density at radius 2 is 2.29 bits per heavy atom. The lowest BCUT2D eigenvalue weighted by molar-refractivity contribution is 0.126. The van der Waals surface area contributed by atoms with Crippen molar-refractivity contribution < 1.29 is 4.74 Å². The van der Waals surface area contributed by atoms with Crippen molar-refractivity contribution in [1.82, 2.24) is 5.32 Å². The maximum absolute atomic E-state index is 5.45. The van der Waals surface area contributed by atoms with Crippen LogP contribution in [0.2, 0.25) is 0 Å². The van der Waals surface area contributed by atoms with Gasteiger partial charge in [-0.2, -0.15) is 0 Å². The van der Waals surface area contributed by atoms with Gasteiger partial charge in [-0.15, -0.1) is 11.3 Å². The molecule has 0 aliphatic heterocycles. The lowest BCUT2D eigenvalue weighted by Crippen LogP contribution is -2.21. The lowest BCUT2D eigenvalue weighted by Gasteiger charge is -2.16. The van der Waals surface area contributed by atoms with Gasteiger partial charge in [-0.1, -0.05) is 6.92 Å². The Bertz CT molecular complexity index is 260. The predicted molar refractivity (Wildman–Crippen MR) is 62.0 cm³/mol. The van der Waals surface area contributed by atoms with Crippen LogP contribution in [0.15, 0.2) is 11.4 Å². The summed E-state index contributed by atoms with van der Waals surface area (Å²) >= 11 is 1.81. The van der Waals surface area contributed by atoms with E-state index in [9.17, 15) is 0 Å². The van der Waals surface area contributed by atoms with E-state index in [0.29, 0.717) is 6.04 Å². The van der Waals surface area contributed by atoms with Gasteiger partial charge < -0.3 is 10.1 Å². The second kappa shape index (κ2) is 6.17. The third-order valence-electron chi connectivity index (χ3n) is 2.32. The summed E-state index contributed by atoms with van der Waals surface area (Å²) in [6.07, 6.45) is 1.10. The summed E-state index contributed by atoms with van der Waals surface area (Å²) in [5.41, 5.74) is 1.44. The molecular weight excluding hydrogens is 194 g/mol. The van der Waals surface area contributed by atoms with Crippen LogP contribution in [0, 0.1) is 0 Å². The highest BCUT2D eigenvalue weighted by Gasteiger charge is 2.13. The average Bonchev–Trinajstić information content (AvgIpc) is 2.67. The molecule has 0 aromatic carbocycles. The summed E-state index contributed by atoms with van der Waals surface area (Å²) in [7, 11) is 1.99. The van der Waals surface area contributed by atoms with Crippen LogP contribution in [0.3, 0.4) is 0 Å². The van der Waals surface area contributed by atoms with Crippen molar-refractivity contribution >= 4 is 11.3 Å². The maximum atomic E-state index is 5.45. The topological polar surface area (TPSA) is 21.3 Å². The normalized spacial score (nSPS) is 13.1. The predicted octanol–water partition coefficient (Wildman–Crippen LogP) is 2.61. The van der Waals surface area contributed by atoms with Gasteiger partial charge in [-0.3, -0.25) is 0 Å². The summed E-state index contributed by atoms with van der Waals surface area (Å²) in [4.78, 5) is 1.42. The van der Waals surface area contributed by atoms with Gasteiger partial charge in [-0.25, -0.2) is 0 Å². The number of ether oxygens (including phenoxy) is 1. The molecule has 1 unspecified atom stereocenters. The highest BCUT2D eigenvalue weighted by Crippen LogP contribution is 2.24. The maximum Gasteiger partial charge on any atom is 0.0669 e. The van der Waals surface area contributed by atoms with E-state index in [-0.39, 0.29) is 0 Å². The number of hydrogen-bond donors (Lipinski definition) is 1. The van der Waals surface area contributed by atoms with Gasteiger partial charge in [0.1, 0.15) is 0 Å². The molecule has 1 aromatic rings. The molecule has 0 aliphatic rings. The molecule has 0 saturated heterocycles. The van der Waals surface area contributed by atoms with Gasteiger partial charge in [0, 0.05) is 11.5 Å². The Hall–Kier alpha value is -0.380. The smallest absolute Gasteiger partial charge is 0.0669 e. The molecule has 0 bridgehead atoms. The molecular formula is C11H19NOS. The summed E-state index contributed by atoms with van der Waals surface area (Å²) in [6, 6.07) is 2.56. The standard InChI is InChI=1S/C11H19NOS/c1-4-9-6-7-14-11(9)10(12-3)8-13-5-2/h6-7,10,12H,4-5,8H2,1-3H3. The fraction of sp³-hybridized carbons (Fsp3) is 0.636. The lowest BCUT2D eigenvalue weighted by atomic mass is 10.1. The fourth-order valence-electron chi connectivity index (χ4n) is 1.47. The van der Waals surface area contributed by atoms with E-state index < -0.39 is 0 Å². The highest BCUT2D eigenvalue weighted by atomic mass is 32.1. The zero-order valence-electron chi connectivity index (χ0n) is 9.17. The van der Waals surface area contributed by atoms with Crippen molar-refractivity contribution in [1.29, 1.82) is 0 Å². The summed E-state index contributed by atoms with van der Waals surface area (Å²) in [5.74, 6) is 0. The molecule has 80 valence electrons. The average molecular weight is 213 g/mol. The Labute approximate surface area is 90.3 Å². The quantitative estimate of drug-likeness (QED) is 0.784. The number of aryl methyl sites for hydroxylation is 1. The monoisotopic (exact) mass is 213 g/mol. The van der Waals surface area contributed by atoms with E-state index in [1.807, 2.05) is 25.3 Å². The second-order valence-corrected chi connectivity index (χ2v) is 4.11. The number of nitrogens with one attached hydrogen (secondary N) is 1. The Balaban J connectivity index is 2.67. The summed E-state index contributed by atoms with van der Waals surface area (Å²) in [6.45, 7) is 5.77. The number of hydrogen-bond acceptors (Lipinski definition) is 3. The van der Waals surface area contributed by atoms with Crippen LogP contribution in [0.1, 0.15) is 30.3 Å². The second-order valence-electron chi connectivity index (χ2n) is 3.16. The molecule has 0 fully saturated rings. The molecule has 0 spiro atoms. The van der Waals surface area contributed by atoms with Crippen LogP contribution in [0.4, 0.5) is 0 Å². The van der Waals surface area contributed by atoms with Crippen LogP contribution < -0.4 is 5.32 Å². The van der Waals surface area contributed by atoms with Crippen molar-refractivity contribution in [2.45, 2.75) is 26.3 Å². The van der Waals surface area contributed by atoms with E-state index in [2.05, 4.69) is 23.7 Å². The SMILES string of the molecule is CCOCC(NC)c1sccc1CC. The number of thiophene rings is 1. The molecule has 14 heavy (non-hydrogen) atoms. The van der Waals surface area contributed by atoms with Crippen LogP contribution >= 0.6 is 11.3 Å². The van der Waals surface area contributed by atoms with Gasteiger partial charge >= 0.3 is 0 Å². The van der Waals surface area contributed by atoms with Crippen molar-refractivity contribution in [3.63, 3.8) is 0 Å². The minimum atomic E-state index is 0.352. The first-order valence-electron chi connectivity index (χ1n) is 5.14. The van der Waals surface area contributed by atoms with Gasteiger partial charge in [0.2, 0.25) is 0 Å². The van der Waals surface area contributed by atoms with Crippen LogP contribution in [-0.2, 0) is 11.2 Å². The third kappa shape index (κ3) is 2.80. The van der Waals surface area contributed by atoms with Crippen LogP contribution in [-0.4, -0.2) is 20.3 Å². The zero-order chi connectivity index (χ0) is 10.4. The first-order chi connectivity index (χ1) is 6.83. The molecule has 2 nitrogen and oxygen atoms in total. The van der Waals surface area contributed by atoms with E-state index in [1.54, 1.807) is 0 Å². The van der Waals surface area contributed by atoms with Crippen LogP contribution in [0.25, 0.3) is 0 Å². The zero-order valence-corrected chi connectivity index (χ0v) is 9.99. The van der Waals surface area contributed by atoms with E-state index >= 15 is 0 Å². The molecule has 1 rings (SSSR count). The fourth-order valence-corrected chi connectivity index (χ4v) is 2.56. The van der Waals surface area contributed by atoms with Gasteiger partial charge in [0.15, 0.2) is 0 Å². The van der Waals surface area contributed by atoms with E-state index in [4.69, 9.17) is 4.74 Å². The molecule has 1 heterocycles. The molecule has 0 amide bonds. The van der Waals surface area contributed by atoms with E-state index in [1.165, 1.54) is 10.4 Å². The number of rotatable bonds is 6. The van der Waals surface area contributed by atoms with Crippen LogP contribution in [0.5, 0.6) is 0 Å². The molecule has 1 aromatic heterocycles. The van der Waals surface area contributed by atoms with Crippen molar-refractivity contribution in [2.75, 3.05) is 20.3 Å². The summed E-state index contributed by atoms with van der Waals surface area (Å²) < 4.78 is 5.45. The molecule has 1 N–H and O–H groups in total. The molecule has 3 heteroatoms. The largest absolute Gasteiger partial charge is 0.380 e. The first-order valence-corrected chi connectivity index (χ1v) is 6.02. The van der Waals surface area contributed by atoms with Crippen molar-refractivity contribution in [3.05, 3.63) is 21.9 Å². The molecule has 0 aliphatic carbocycles. The van der Waals surface area contributed by atoms with Crippen molar-refractivity contribution in [2.24, 2.45) is 0 Å². The Morgan fingerprint density at radius 3 is 2.86 bits per heavy atom. The van der Waals surface area contributed by atoms with Gasteiger partial charge in [0.05, 0.1) is 12.6 Å². The molecule has 0 radical (unpaired) electrons. The summed E-state index contributed by atoms with van der Waals surface area (Å²) in [5, 5.41) is 5.46. The highest BCUT2D eigenvalue weighted by molar-refractivity contribution is 7.10. The minimum Gasteiger partial charge on any atom is -0.380 e. The number of likely N-dealkylation sites (N-methyl/N-ethyl adjacent to an activating group) is 1. The molecule has 0 saturated carbocycles. The van der Waals surface area contributed by atoms with Gasteiger partial charge in [0.25, 0.3) is 0 Å². The van der Waals surface area contributed by atoms with E-state index in [0.717, 1.165) is 19.6 Å². The third-order valence-corrected chi connectivity index (χ3v) is 3.39. The minimum absolute atomic E-state index is 0.352. The van der Waals surface area contributed by atoms with Gasteiger partial charge in [-0.05, 0) is 37.4 Å². The Kier molecular flexibility index (Phi) is 5.15. The van der Waals surface area contributed by atoms with Crippen molar-refractivity contribution in [3.8, 4) is 0 Å². The first kappa shape index (κ1) is 11.7. The molecule has 1 atom stereocenters.